The average Bonchev–Trinajstić information content (AvgIpc) is 3.30. The van der Waals surface area contributed by atoms with Crippen LogP contribution in [0.2, 0.25) is 0 Å². The maximum atomic E-state index is 13.4. The summed E-state index contributed by atoms with van der Waals surface area (Å²) in [5.74, 6) is -3.05. The molecule has 1 aliphatic rings. The van der Waals surface area contributed by atoms with E-state index in [2.05, 4.69) is 10.6 Å². The molecule has 0 bridgehead atoms. The van der Waals surface area contributed by atoms with E-state index < -0.39 is 54.5 Å². The van der Waals surface area contributed by atoms with Crippen molar-refractivity contribution in [2.75, 3.05) is 13.2 Å². The fourth-order valence-corrected chi connectivity index (χ4v) is 3.85. The molecule has 2 rings (SSSR count). The summed E-state index contributed by atoms with van der Waals surface area (Å²) in [4.78, 5) is 51.7. The van der Waals surface area contributed by atoms with Crippen molar-refractivity contribution in [2.24, 2.45) is 11.7 Å². The average molecular weight is 463 g/mol. The second-order valence-electron chi connectivity index (χ2n) is 8.44. The SMILES string of the molecule is CCC(C)C(NC(=O)C1CCCN1C(=O)C(Cc1ccccc1)NC(=O)C(N)CO)C(=O)O. The molecule has 3 amide bonds. The van der Waals surface area contributed by atoms with E-state index in [0.29, 0.717) is 25.8 Å². The van der Waals surface area contributed by atoms with E-state index in [1.807, 2.05) is 37.3 Å². The van der Waals surface area contributed by atoms with Crippen LogP contribution in [0.25, 0.3) is 0 Å². The van der Waals surface area contributed by atoms with Crippen LogP contribution in [0.4, 0.5) is 0 Å². The first kappa shape index (κ1) is 26.3. The Labute approximate surface area is 193 Å². The third-order valence-electron chi connectivity index (χ3n) is 6.05. The molecule has 182 valence electrons. The Kier molecular flexibility index (Phi) is 9.80. The third kappa shape index (κ3) is 7.00. The first-order chi connectivity index (χ1) is 15.7. The van der Waals surface area contributed by atoms with Crippen LogP contribution in [0.3, 0.4) is 0 Å². The zero-order valence-corrected chi connectivity index (χ0v) is 19.1. The van der Waals surface area contributed by atoms with Gasteiger partial charge in [0, 0.05) is 13.0 Å². The number of likely N-dealkylation sites (tertiary alicyclic amines) is 1. The molecule has 1 heterocycles. The topological polar surface area (TPSA) is 162 Å². The molecule has 0 aliphatic carbocycles. The second-order valence-corrected chi connectivity index (χ2v) is 8.44. The predicted molar refractivity (Wildman–Crippen MR) is 121 cm³/mol. The van der Waals surface area contributed by atoms with Gasteiger partial charge in [0.15, 0.2) is 0 Å². The van der Waals surface area contributed by atoms with E-state index in [1.54, 1.807) is 6.92 Å². The number of nitrogens with two attached hydrogens (primary N) is 1. The number of hydrogen-bond donors (Lipinski definition) is 5. The van der Waals surface area contributed by atoms with Crippen molar-refractivity contribution in [3.05, 3.63) is 35.9 Å². The van der Waals surface area contributed by atoms with E-state index in [1.165, 1.54) is 4.90 Å². The van der Waals surface area contributed by atoms with Crippen LogP contribution >= 0.6 is 0 Å². The highest BCUT2D eigenvalue weighted by Gasteiger charge is 2.39. The number of carboxylic acid groups (broad SMARTS) is 1. The summed E-state index contributed by atoms with van der Waals surface area (Å²) in [6, 6.07) is 5.03. The molecule has 6 N–H and O–H groups in total. The Morgan fingerprint density at radius 2 is 1.85 bits per heavy atom. The van der Waals surface area contributed by atoms with Crippen LogP contribution in [0.5, 0.6) is 0 Å². The Balaban J connectivity index is 2.21. The number of aliphatic carboxylic acids is 1. The van der Waals surface area contributed by atoms with E-state index in [9.17, 15) is 29.4 Å². The molecule has 0 spiro atoms. The van der Waals surface area contributed by atoms with Crippen LogP contribution in [-0.4, -0.2) is 76.1 Å². The summed E-state index contributed by atoms with van der Waals surface area (Å²) in [7, 11) is 0. The van der Waals surface area contributed by atoms with Crippen LogP contribution in [-0.2, 0) is 25.6 Å². The highest BCUT2D eigenvalue weighted by molar-refractivity contribution is 5.94. The molecule has 33 heavy (non-hydrogen) atoms. The van der Waals surface area contributed by atoms with E-state index in [4.69, 9.17) is 5.73 Å². The number of amides is 3. The van der Waals surface area contributed by atoms with Gasteiger partial charge in [-0.05, 0) is 24.3 Å². The summed E-state index contributed by atoms with van der Waals surface area (Å²) in [6.07, 6.45) is 1.72. The van der Waals surface area contributed by atoms with Crippen molar-refractivity contribution in [3.63, 3.8) is 0 Å². The molecule has 1 aromatic carbocycles. The summed E-state index contributed by atoms with van der Waals surface area (Å²) in [5, 5.41) is 23.9. The van der Waals surface area contributed by atoms with E-state index >= 15 is 0 Å². The number of rotatable bonds is 11. The molecule has 0 radical (unpaired) electrons. The van der Waals surface area contributed by atoms with Crippen molar-refractivity contribution in [1.29, 1.82) is 0 Å². The molecular weight excluding hydrogens is 428 g/mol. The van der Waals surface area contributed by atoms with Crippen molar-refractivity contribution in [1.82, 2.24) is 15.5 Å². The molecule has 1 saturated heterocycles. The van der Waals surface area contributed by atoms with Gasteiger partial charge >= 0.3 is 5.97 Å². The monoisotopic (exact) mass is 462 g/mol. The minimum atomic E-state index is -1.18. The molecule has 5 atom stereocenters. The summed E-state index contributed by atoms with van der Waals surface area (Å²) < 4.78 is 0. The zero-order chi connectivity index (χ0) is 24.5. The van der Waals surface area contributed by atoms with Crippen LogP contribution in [0, 0.1) is 5.92 Å². The highest BCUT2D eigenvalue weighted by atomic mass is 16.4. The molecule has 5 unspecified atom stereocenters. The molecule has 10 nitrogen and oxygen atoms in total. The van der Waals surface area contributed by atoms with E-state index in [0.717, 1.165) is 5.56 Å². The summed E-state index contributed by atoms with van der Waals surface area (Å²) >= 11 is 0. The van der Waals surface area contributed by atoms with Gasteiger partial charge in [0.25, 0.3) is 0 Å². The summed E-state index contributed by atoms with van der Waals surface area (Å²) in [5.41, 5.74) is 6.41. The van der Waals surface area contributed by atoms with Gasteiger partial charge < -0.3 is 31.5 Å². The standard InChI is InChI=1S/C23H34N4O6/c1-3-14(2)19(23(32)33)26-21(30)18-10-7-11-27(18)22(31)17(25-20(29)16(24)13-28)12-15-8-5-4-6-9-15/h4-6,8-9,14,16-19,28H,3,7,10-13,24H2,1-2H3,(H,25,29)(H,26,30)(H,32,33). The Morgan fingerprint density at radius 1 is 1.18 bits per heavy atom. The van der Waals surface area contributed by atoms with Crippen molar-refractivity contribution >= 4 is 23.7 Å². The Morgan fingerprint density at radius 3 is 2.42 bits per heavy atom. The molecule has 1 fully saturated rings. The fourth-order valence-electron chi connectivity index (χ4n) is 3.85. The quantitative estimate of drug-likeness (QED) is 0.300. The number of aliphatic hydroxyl groups is 1. The minimum Gasteiger partial charge on any atom is -0.480 e. The van der Waals surface area contributed by atoms with Gasteiger partial charge in [-0.1, -0.05) is 50.6 Å². The van der Waals surface area contributed by atoms with Gasteiger partial charge in [-0.2, -0.15) is 0 Å². The lowest BCUT2D eigenvalue weighted by atomic mass is 9.98. The largest absolute Gasteiger partial charge is 0.480 e. The number of hydrogen-bond acceptors (Lipinski definition) is 6. The minimum absolute atomic E-state index is 0.180. The smallest absolute Gasteiger partial charge is 0.326 e. The van der Waals surface area contributed by atoms with Gasteiger partial charge in [-0.15, -0.1) is 0 Å². The van der Waals surface area contributed by atoms with Crippen molar-refractivity contribution < 1.29 is 29.4 Å². The lowest BCUT2D eigenvalue weighted by Gasteiger charge is -2.30. The van der Waals surface area contributed by atoms with E-state index in [-0.39, 0.29) is 12.3 Å². The molecular formula is C23H34N4O6. The fraction of sp³-hybridized carbons (Fsp3) is 0.565. The Bertz CT molecular complexity index is 834. The van der Waals surface area contributed by atoms with Crippen molar-refractivity contribution in [3.8, 4) is 0 Å². The van der Waals surface area contributed by atoms with Gasteiger partial charge in [-0.25, -0.2) is 4.79 Å². The summed E-state index contributed by atoms with van der Waals surface area (Å²) in [6.45, 7) is 3.32. The first-order valence-electron chi connectivity index (χ1n) is 11.2. The molecule has 0 saturated carbocycles. The van der Waals surface area contributed by atoms with Gasteiger partial charge in [-0.3, -0.25) is 14.4 Å². The van der Waals surface area contributed by atoms with Gasteiger partial charge in [0.2, 0.25) is 17.7 Å². The molecule has 0 aromatic heterocycles. The van der Waals surface area contributed by atoms with Crippen LogP contribution in [0.1, 0.15) is 38.7 Å². The zero-order valence-electron chi connectivity index (χ0n) is 19.1. The van der Waals surface area contributed by atoms with Crippen molar-refractivity contribution in [2.45, 2.75) is 63.7 Å². The third-order valence-corrected chi connectivity index (χ3v) is 6.05. The first-order valence-corrected chi connectivity index (χ1v) is 11.2. The van der Waals surface area contributed by atoms with Crippen LogP contribution < -0.4 is 16.4 Å². The lowest BCUT2D eigenvalue weighted by Crippen LogP contribution is -2.58. The normalized spacial score (nSPS) is 19.3. The van der Waals surface area contributed by atoms with Crippen LogP contribution in [0.15, 0.2) is 30.3 Å². The number of nitrogens with one attached hydrogen (secondary N) is 2. The number of benzene rings is 1. The van der Waals surface area contributed by atoms with Gasteiger partial charge in [0.05, 0.1) is 6.61 Å². The number of aliphatic hydroxyl groups excluding tert-OH is 1. The van der Waals surface area contributed by atoms with Gasteiger partial charge in [0.1, 0.15) is 24.2 Å². The second kappa shape index (κ2) is 12.3. The molecule has 10 heteroatoms. The number of carboxylic acids is 1. The maximum Gasteiger partial charge on any atom is 0.326 e. The maximum absolute atomic E-state index is 13.4. The number of carbonyl (C=O) groups is 4. The molecule has 1 aliphatic heterocycles. The number of carbonyl (C=O) groups excluding carboxylic acids is 3. The number of nitrogens with zero attached hydrogens (tertiary/aromatic N) is 1. The predicted octanol–water partition coefficient (Wildman–Crippen LogP) is -0.360. The molecule has 1 aromatic rings. The lowest BCUT2D eigenvalue weighted by molar-refractivity contribution is -0.146. The Hall–Kier alpha value is -2.98. The highest BCUT2D eigenvalue weighted by Crippen LogP contribution is 2.21.